The summed E-state index contributed by atoms with van der Waals surface area (Å²) in [4.78, 5) is 27.0. The van der Waals surface area contributed by atoms with Crippen molar-refractivity contribution in [2.75, 3.05) is 26.2 Å². The number of carboxylic acid groups (broad SMARTS) is 1. The van der Waals surface area contributed by atoms with Crippen LogP contribution in [0.15, 0.2) is 0 Å². The lowest BCUT2D eigenvalue weighted by atomic mass is 9.77. The van der Waals surface area contributed by atoms with Crippen molar-refractivity contribution in [3.63, 3.8) is 0 Å². The fourth-order valence-corrected chi connectivity index (χ4v) is 8.77. The molecule has 6 nitrogen and oxygen atoms in total. The predicted octanol–water partition coefficient (Wildman–Crippen LogP) is 13.5. The summed E-state index contributed by atoms with van der Waals surface area (Å²) >= 11 is 0. The minimum absolute atomic E-state index is 0.0900. The molecule has 1 saturated heterocycles. The fraction of sp³-hybridized carbons (Fsp3) is 0.957. The van der Waals surface area contributed by atoms with Crippen LogP contribution >= 0.6 is 0 Å². The molecule has 0 radical (unpaired) electrons. The van der Waals surface area contributed by atoms with Gasteiger partial charge in [0.1, 0.15) is 6.10 Å². The SMILES string of the molecule is CCCCCCCCC(CCCCCCC)C(=O)O.CCCCCCCCC(CCCCCCC)C(=O)OC1CCC2(CCN(CCCCO)CC2)C1. The van der Waals surface area contributed by atoms with Gasteiger partial charge in [-0.15, -0.1) is 0 Å². The number of rotatable bonds is 33. The van der Waals surface area contributed by atoms with Crippen molar-refractivity contribution in [1.82, 2.24) is 4.90 Å². The van der Waals surface area contributed by atoms with E-state index in [1.165, 1.54) is 161 Å². The van der Waals surface area contributed by atoms with E-state index >= 15 is 0 Å². The molecular weight excluding hydrogens is 659 g/mol. The number of likely N-dealkylation sites (tertiary alicyclic amines) is 1. The summed E-state index contributed by atoms with van der Waals surface area (Å²) in [5.41, 5.74) is 0.410. The molecule has 1 saturated carbocycles. The largest absolute Gasteiger partial charge is 0.481 e. The van der Waals surface area contributed by atoms with Crippen LogP contribution in [0.5, 0.6) is 0 Å². The number of aliphatic hydroxyl groups excluding tert-OH is 1. The van der Waals surface area contributed by atoms with E-state index in [9.17, 15) is 14.7 Å². The Morgan fingerprint density at radius 1 is 0.585 bits per heavy atom. The molecule has 6 heteroatoms. The summed E-state index contributed by atoms with van der Waals surface area (Å²) in [7, 11) is 0. The molecule has 53 heavy (non-hydrogen) atoms. The summed E-state index contributed by atoms with van der Waals surface area (Å²) in [5, 5.41) is 18.2. The summed E-state index contributed by atoms with van der Waals surface area (Å²) in [6, 6.07) is 0. The standard InChI is InChI=1S/C30H57NO3.C17H34O2/c1-3-5-7-9-11-13-17-27(16-12-10-8-6-4-2)29(33)34-28-18-19-30(26-28)20-23-31(24-21-30)22-14-15-25-32;1-3-5-7-9-11-13-15-16(17(18)19)14-12-10-8-6-4-2/h27-28,32H,3-26H2,1-2H3;16H,3-15H2,1-2H3,(H,18,19). The van der Waals surface area contributed by atoms with Crippen LogP contribution in [-0.4, -0.2) is 59.4 Å². The van der Waals surface area contributed by atoms with Gasteiger partial charge in [0.15, 0.2) is 0 Å². The Balaban J connectivity index is 0.000000628. The first-order chi connectivity index (χ1) is 25.8. The molecular formula is C47H91NO5. The average molecular weight is 750 g/mol. The van der Waals surface area contributed by atoms with Crippen LogP contribution in [0, 0.1) is 17.3 Å². The molecule has 0 aromatic heterocycles. The van der Waals surface area contributed by atoms with Crippen molar-refractivity contribution in [2.45, 2.75) is 246 Å². The molecule has 0 amide bonds. The summed E-state index contributed by atoms with van der Waals surface area (Å²) < 4.78 is 6.20. The smallest absolute Gasteiger partial charge is 0.309 e. The van der Waals surface area contributed by atoms with E-state index in [4.69, 9.17) is 9.84 Å². The number of nitrogens with zero attached hydrogens (tertiary/aromatic N) is 1. The molecule has 0 bridgehead atoms. The molecule has 1 spiro atoms. The third kappa shape index (κ3) is 25.6. The average Bonchev–Trinajstić information content (AvgIpc) is 3.54. The van der Waals surface area contributed by atoms with Crippen molar-refractivity contribution < 1.29 is 24.5 Å². The Morgan fingerprint density at radius 3 is 1.42 bits per heavy atom. The van der Waals surface area contributed by atoms with Crippen molar-refractivity contribution in [3.05, 3.63) is 0 Å². The third-order valence-electron chi connectivity index (χ3n) is 12.5. The van der Waals surface area contributed by atoms with Gasteiger partial charge in [-0.2, -0.15) is 0 Å². The van der Waals surface area contributed by atoms with Crippen LogP contribution in [0.25, 0.3) is 0 Å². The first kappa shape index (κ1) is 49.9. The normalized spacial score (nSPS) is 18.1. The Labute approximate surface area is 329 Å². The molecule has 2 rings (SSSR count). The van der Waals surface area contributed by atoms with E-state index in [-0.39, 0.29) is 23.9 Å². The van der Waals surface area contributed by atoms with E-state index in [0.717, 1.165) is 70.8 Å². The molecule has 0 aromatic rings. The van der Waals surface area contributed by atoms with Crippen molar-refractivity contribution >= 4 is 11.9 Å². The van der Waals surface area contributed by atoms with Gasteiger partial charge in [0.25, 0.3) is 0 Å². The second kappa shape index (κ2) is 34.1. The van der Waals surface area contributed by atoms with Crippen LogP contribution in [0.3, 0.4) is 0 Å². The Hall–Kier alpha value is -1.14. The van der Waals surface area contributed by atoms with Crippen molar-refractivity contribution in [2.24, 2.45) is 17.3 Å². The van der Waals surface area contributed by atoms with Crippen molar-refractivity contribution in [3.8, 4) is 0 Å². The van der Waals surface area contributed by atoms with Gasteiger partial charge in [-0.05, 0) is 95.7 Å². The van der Waals surface area contributed by atoms with Gasteiger partial charge in [0.2, 0.25) is 0 Å². The molecule has 0 aromatic carbocycles. The highest BCUT2D eigenvalue weighted by Crippen LogP contribution is 2.47. The number of hydrogen-bond donors (Lipinski definition) is 2. The minimum Gasteiger partial charge on any atom is -0.481 e. The Kier molecular flexibility index (Phi) is 32.1. The highest BCUT2D eigenvalue weighted by atomic mass is 16.5. The number of carboxylic acids is 1. The number of esters is 1. The van der Waals surface area contributed by atoms with Gasteiger partial charge >= 0.3 is 11.9 Å². The maximum Gasteiger partial charge on any atom is 0.309 e. The van der Waals surface area contributed by atoms with Gasteiger partial charge in [-0.1, -0.05) is 169 Å². The van der Waals surface area contributed by atoms with Crippen LogP contribution in [0.4, 0.5) is 0 Å². The molecule has 1 aliphatic carbocycles. The third-order valence-corrected chi connectivity index (χ3v) is 12.5. The van der Waals surface area contributed by atoms with Gasteiger partial charge in [0, 0.05) is 6.61 Å². The van der Waals surface area contributed by atoms with E-state index in [0.29, 0.717) is 12.0 Å². The Bertz CT molecular complexity index is 841. The van der Waals surface area contributed by atoms with Crippen LogP contribution in [0.2, 0.25) is 0 Å². The lowest BCUT2D eigenvalue weighted by Crippen LogP contribution is -2.39. The van der Waals surface area contributed by atoms with E-state index in [1.54, 1.807) is 0 Å². The zero-order chi connectivity index (χ0) is 38.8. The van der Waals surface area contributed by atoms with Gasteiger partial charge in [-0.25, -0.2) is 0 Å². The number of piperidine rings is 1. The number of carbonyl (C=O) groups excluding carboxylic acids is 1. The number of unbranched alkanes of at least 4 members (excludes halogenated alkanes) is 19. The molecule has 3 unspecified atom stereocenters. The van der Waals surface area contributed by atoms with Crippen molar-refractivity contribution in [1.29, 1.82) is 0 Å². The van der Waals surface area contributed by atoms with Gasteiger partial charge < -0.3 is 19.8 Å². The monoisotopic (exact) mass is 750 g/mol. The molecule has 314 valence electrons. The zero-order valence-electron chi connectivity index (χ0n) is 36.0. The number of aliphatic hydroxyl groups is 1. The molecule has 2 N–H and O–H groups in total. The first-order valence-corrected chi connectivity index (χ1v) is 23.6. The predicted molar refractivity (Wildman–Crippen MR) is 226 cm³/mol. The summed E-state index contributed by atoms with van der Waals surface area (Å²) in [5.74, 6) is -0.429. The van der Waals surface area contributed by atoms with E-state index in [1.807, 2.05) is 0 Å². The van der Waals surface area contributed by atoms with Crippen LogP contribution < -0.4 is 0 Å². The molecule has 3 atom stereocenters. The topological polar surface area (TPSA) is 87.1 Å². The lowest BCUT2D eigenvalue weighted by Gasteiger charge is -2.39. The summed E-state index contributed by atoms with van der Waals surface area (Å²) in [6.45, 7) is 12.7. The second-order valence-electron chi connectivity index (χ2n) is 17.3. The minimum atomic E-state index is -0.580. The fourth-order valence-electron chi connectivity index (χ4n) is 8.77. The number of aliphatic carboxylic acids is 1. The van der Waals surface area contributed by atoms with Gasteiger partial charge in [0.05, 0.1) is 11.8 Å². The molecule has 2 aliphatic rings. The molecule has 1 heterocycles. The number of ether oxygens (including phenoxy) is 1. The Morgan fingerprint density at radius 2 is 1.00 bits per heavy atom. The zero-order valence-corrected chi connectivity index (χ0v) is 36.0. The quantitative estimate of drug-likeness (QED) is 0.0513. The summed E-state index contributed by atoms with van der Waals surface area (Å²) in [6.07, 6.45) is 39.5. The first-order valence-electron chi connectivity index (χ1n) is 23.6. The highest BCUT2D eigenvalue weighted by molar-refractivity contribution is 5.72. The van der Waals surface area contributed by atoms with Gasteiger partial charge in [-0.3, -0.25) is 9.59 Å². The number of carbonyl (C=O) groups is 2. The highest BCUT2D eigenvalue weighted by Gasteiger charge is 2.43. The van der Waals surface area contributed by atoms with Crippen LogP contribution in [0.1, 0.15) is 240 Å². The lowest BCUT2D eigenvalue weighted by molar-refractivity contribution is -0.155. The van der Waals surface area contributed by atoms with E-state index < -0.39 is 5.97 Å². The second-order valence-corrected chi connectivity index (χ2v) is 17.3. The molecule has 2 fully saturated rings. The number of hydrogen-bond acceptors (Lipinski definition) is 5. The maximum absolute atomic E-state index is 13.2. The van der Waals surface area contributed by atoms with E-state index in [2.05, 4.69) is 32.6 Å². The van der Waals surface area contributed by atoms with Crippen LogP contribution in [-0.2, 0) is 14.3 Å². The molecule has 1 aliphatic heterocycles. The maximum atomic E-state index is 13.2.